The predicted molar refractivity (Wildman–Crippen MR) is 149 cm³/mol. The highest BCUT2D eigenvalue weighted by Gasteiger charge is 2.27. The van der Waals surface area contributed by atoms with E-state index in [0.717, 1.165) is 53.3 Å². The van der Waals surface area contributed by atoms with Gasteiger partial charge in [-0.3, -0.25) is 4.79 Å². The fourth-order valence-electron chi connectivity index (χ4n) is 5.30. The molecule has 1 N–H and O–H groups in total. The van der Waals surface area contributed by atoms with E-state index in [2.05, 4.69) is 22.0 Å². The number of hydrogen-bond donors (Lipinski definition) is 1. The smallest absolute Gasteiger partial charge is 0.248 e. The number of likely N-dealkylation sites (tertiary alicyclic amines) is 1. The van der Waals surface area contributed by atoms with Gasteiger partial charge in [0.1, 0.15) is 0 Å². The number of nitrogens with zero attached hydrogens (tertiary/aromatic N) is 4. The number of amides is 1. The second-order valence-electron chi connectivity index (χ2n) is 9.83. The van der Waals surface area contributed by atoms with Gasteiger partial charge in [-0.1, -0.05) is 30.7 Å². The van der Waals surface area contributed by atoms with Crippen molar-refractivity contribution in [1.29, 1.82) is 0 Å². The van der Waals surface area contributed by atoms with Crippen molar-refractivity contribution < 1.29 is 4.79 Å². The molecule has 2 saturated heterocycles. The molecule has 0 saturated carbocycles. The highest BCUT2D eigenvalue weighted by molar-refractivity contribution is 6.32. The molecule has 36 heavy (non-hydrogen) atoms. The number of benzene rings is 2. The van der Waals surface area contributed by atoms with Gasteiger partial charge in [0.2, 0.25) is 11.9 Å². The van der Waals surface area contributed by atoms with E-state index in [9.17, 15) is 4.79 Å². The second kappa shape index (κ2) is 11.0. The third-order valence-corrected chi connectivity index (χ3v) is 7.76. The maximum absolute atomic E-state index is 12.5. The fraction of sp³-hybridized carbons (Fsp3) is 0.414. The number of fused-ring (bicyclic) bond motifs is 1. The summed E-state index contributed by atoms with van der Waals surface area (Å²) in [7, 11) is 0. The Morgan fingerprint density at radius 1 is 1.08 bits per heavy atom. The summed E-state index contributed by atoms with van der Waals surface area (Å²) < 4.78 is 0. The number of halogens is 1. The number of carbonyl (C=O) groups is 1. The molecular weight excluding hydrogens is 470 g/mol. The average molecular weight is 504 g/mol. The van der Waals surface area contributed by atoms with Gasteiger partial charge in [-0.2, -0.15) is 0 Å². The van der Waals surface area contributed by atoms with Crippen LogP contribution in [0.25, 0.3) is 17.0 Å². The molecular formula is C29H34ClN5O. The number of nitrogens with one attached hydrogen (secondary N) is 1. The lowest BCUT2D eigenvalue weighted by atomic mass is 10.0. The van der Waals surface area contributed by atoms with E-state index >= 15 is 0 Å². The first-order valence-corrected chi connectivity index (χ1v) is 13.4. The second-order valence-corrected chi connectivity index (χ2v) is 10.2. The molecule has 0 unspecified atom stereocenters. The van der Waals surface area contributed by atoms with E-state index in [0.29, 0.717) is 11.1 Å². The van der Waals surface area contributed by atoms with Gasteiger partial charge in [0.15, 0.2) is 0 Å². The molecule has 188 valence electrons. The predicted octanol–water partition coefficient (Wildman–Crippen LogP) is 5.87. The Kier molecular flexibility index (Phi) is 7.54. The van der Waals surface area contributed by atoms with E-state index in [1.807, 2.05) is 43.3 Å². The molecule has 0 spiro atoms. The summed E-state index contributed by atoms with van der Waals surface area (Å²) in [5.41, 5.74) is 4.53. The van der Waals surface area contributed by atoms with Crippen molar-refractivity contribution in [3.05, 3.63) is 64.3 Å². The van der Waals surface area contributed by atoms with Crippen molar-refractivity contribution in [1.82, 2.24) is 14.9 Å². The van der Waals surface area contributed by atoms with Crippen LogP contribution < -0.4 is 10.2 Å². The first-order chi connectivity index (χ1) is 17.5. The fourth-order valence-corrected chi connectivity index (χ4v) is 5.56. The molecule has 3 aromatic rings. The molecule has 2 aromatic carbocycles. The molecule has 5 rings (SSSR count). The van der Waals surface area contributed by atoms with Crippen LogP contribution in [0.15, 0.2) is 42.5 Å². The average Bonchev–Trinajstić information content (AvgIpc) is 3.43. The SMILES string of the molecule is CCc1ccc(C=CC(=O)Nc2ccc3nc(N4CCC(N5CCCC5)CC4)nc(C)c3c2)c(Cl)c1. The Labute approximate surface area is 218 Å². The summed E-state index contributed by atoms with van der Waals surface area (Å²) in [4.78, 5) is 27.2. The van der Waals surface area contributed by atoms with Crippen molar-refractivity contribution in [3.63, 3.8) is 0 Å². The number of aryl methyl sites for hydroxylation is 2. The molecule has 2 aliphatic heterocycles. The normalized spacial score (nSPS) is 17.4. The molecule has 0 atom stereocenters. The molecule has 0 bridgehead atoms. The Balaban J connectivity index is 1.25. The Morgan fingerprint density at radius 3 is 2.58 bits per heavy atom. The molecule has 2 fully saturated rings. The summed E-state index contributed by atoms with van der Waals surface area (Å²) in [5, 5.41) is 4.54. The lowest BCUT2D eigenvalue weighted by Gasteiger charge is -2.36. The van der Waals surface area contributed by atoms with Crippen LogP contribution >= 0.6 is 11.6 Å². The largest absolute Gasteiger partial charge is 0.341 e. The molecule has 2 aliphatic rings. The van der Waals surface area contributed by atoms with Crippen LogP contribution in [0.4, 0.5) is 11.6 Å². The van der Waals surface area contributed by atoms with Gasteiger partial charge in [-0.05, 0) is 93.6 Å². The topological polar surface area (TPSA) is 61.4 Å². The minimum atomic E-state index is -0.207. The third-order valence-electron chi connectivity index (χ3n) is 7.43. The Bertz CT molecular complexity index is 1280. The van der Waals surface area contributed by atoms with Gasteiger partial charge in [0.05, 0.1) is 11.2 Å². The maximum atomic E-state index is 12.5. The minimum absolute atomic E-state index is 0.207. The minimum Gasteiger partial charge on any atom is -0.341 e. The number of anilines is 2. The van der Waals surface area contributed by atoms with Gasteiger partial charge in [-0.15, -0.1) is 0 Å². The molecule has 3 heterocycles. The Hall–Kier alpha value is -2.96. The van der Waals surface area contributed by atoms with E-state index in [-0.39, 0.29) is 5.91 Å². The van der Waals surface area contributed by atoms with Gasteiger partial charge >= 0.3 is 0 Å². The highest BCUT2D eigenvalue weighted by Crippen LogP contribution is 2.27. The first kappa shape index (κ1) is 24.7. The van der Waals surface area contributed by atoms with Gasteiger partial charge in [-0.25, -0.2) is 9.97 Å². The van der Waals surface area contributed by atoms with Crippen LogP contribution in [0.2, 0.25) is 5.02 Å². The lowest BCUT2D eigenvalue weighted by Crippen LogP contribution is -2.44. The first-order valence-electron chi connectivity index (χ1n) is 13.0. The maximum Gasteiger partial charge on any atom is 0.248 e. The van der Waals surface area contributed by atoms with Crippen molar-refractivity contribution >= 4 is 46.1 Å². The quantitative estimate of drug-likeness (QED) is 0.426. The van der Waals surface area contributed by atoms with Crippen LogP contribution in [-0.4, -0.2) is 53.0 Å². The van der Waals surface area contributed by atoms with Crippen LogP contribution in [0.1, 0.15) is 49.4 Å². The van der Waals surface area contributed by atoms with E-state index in [4.69, 9.17) is 21.6 Å². The number of rotatable bonds is 6. The third kappa shape index (κ3) is 5.55. The van der Waals surface area contributed by atoms with Gasteiger partial charge < -0.3 is 15.1 Å². The molecule has 7 heteroatoms. The Morgan fingerprint density at radius 2 is 1.86 bits per heavy atom. The van der Waals surface area contributed by atoms with E-state index in [1.54, 1.807) is 6.08 Å². The number of piperidine rings is 1. The summed E-state index contributed by atoms with van der Waals surface area (Å²) in [6.45, 7) is 8.60. The summed E-state index contributed by atoms with van der Waals surface area (Å²) >= 11 is 6.34. The van der Waals surface area contributed by atoms with E-state index in [1.165, 1.54) is 50.4 Å². The zero-order chi connectivity index (χ0) is 25.1. The van der Waals surface area contributed by atoms with Crippen molar-refractivity contribution in [3.8, 4) is 0 Å². The zero-order valence-electron chi connectivity index (χ0n) is 21.1. The molecule has 1 amide bonds. The van der Waals surface area contributed by atoms with Crippen LogP contribution in [0.3, 0.4) is 0 Å². The summed E-state index contributed by atoms with van der Waals surface area (Å²) in [6.07, 6.45) is 9.20. The molecule has 1 aromatic heterocycles. The molecule has 0 aliphatic carbocycles. The number of hydrogen-bond acceptors (Lipinski definition) is 5. The monoisotopic (exact) mass is 503 g/mol. The lowest BCUT2D eigenvalue weighted by molar-refractivity contribution is -0.111. The van der Waals surface area contributed by atoms with Gasteiger partial charge in [0, 0.05) is 41.3 Å². The summed E-state index contributed by atoms with van der Waals surface area (Å²) in [6, 6.07) is 12.4. The highest BCUT2D eigenvalue weighted by atomic mass is 35.5. The number of aromatic nitrogens is 2. The molecule has 6 nitrogen and oxygen atoms in total. The van der Waals surface area contributed by atoms with Crippen molar-refractivity contribution in [2.45, 2.75) is 52.0 Å². The van der Waals surface area contributed by atoms with Crippen LogP contribution in [0.5, 0.6) is 0 Å². The van der Waals surface area contributed by atoms with Gasteiger partial charge in [0.25, 0.3) is 0 Å². The van der Waals surface area contributed by atoms with E-state index < -0.39 is 0 Å². The molecule has 0 radical (unpaired) electrons. The standard InChI is InChI=1S/C29H34ClN5O/c1-3-21-6-7-22(26(30)18-21)8-11-28(36)32-23-9-10-27-25(19-23)20(2)31-29(33-27)35-16-12-24(13-17-35)34-14-4-5-15-34/h6-11,18-19,24H,3-5,12-17H2,1-2H3,(H,32,36). The number of carbonyl (C=O) groups excluding carboxylic acids is 1. The zero-order valence-corrected chi connectivity index (χ0v) is 21.9. The van der Waals surface area contributed by atoms with Crippen LogP contribution in [-0.2, 0) is 11.2 Å². The van der Waals surface area contributed by atoms with Crippen molar-refractivity contribution in [2.24, 2.45) is 0 Å². The summed E-state index contributed by atoms with van der Waals surface area (Å²) in [5.74, 6) is 0.603. The van der Waals surface area contributed by atoms with Crippen LogP contribution in [0, 0.1) is 6.92 Å². The van der Waals surface area contributed by atoms with Crippen molar-refractivity contribution in [2.75, 3.05) is 36.4 Å².